The molecule has 3 rings (SSSR count). The van der Waals surface area contributed by atoms with Gasteiger partial charge in [0.1, 0.15) is 17.4 Å². The normalized spacial score (nSPS) is 15.5. The number of carbonyl (C=O) groups excluding carboxylic acids is 1. The third kappa shape index (κ3) is 3.37. The quantitative estimate of drug-likeness (QED) is 0.860. The summed E-state index contributed by atoms with van der Waals surface area (Å²) in [6.07, 6.45) is 4.51. The van der Waals surface area contributed by atoms with Gasteiger partial charge in [0.15, 0.2) is 0 Å². The third-order valence-electron chi connectivity index (χ3n) is 4.65. The summed E-state index contributed by atoms with van der Waals surface area (Å²) in [7, 11) is 1.72. The van der Waals surface area contributed by atoms with Crippen LogP contribution in [0, 0.1) is 11.7 Å². The van der Waals surface area contributed by atoms with Gasteiger partial charge < -0.3 is 4.90 Å². The molecule has 5 nitrogen and oxygen atoms in total. The molecule has 0 unspecified atom stereocenters. The molecule has 1 aromatic carbocycles. The standard InChI is InChI=1S/C18H20FN3O2/c1-21-17(11-20-12-18(21)24)22-8-6-13(7-9-22)16(23)10-14-4-2-3-5-15(14)19/h2-5,11-13H,6-10H2,1H3. The monoisotopic (exact) mass is 329 g/mol. The number of benzene rings is 1. The van der Waals surface area contributed by atoms with Gasteiger partial charge in [0, 0.05) is 32.5 Å². The molecular formula is C18H20FN3O2. The van der Waals surface area contributed by atoms with Crippen molar-refractivity contribution in [2.45, 2.75) is 19.3 Å². The first-order chi connectivity index (χ1) is 11.6. The van der Waals surface area contributed by atoms with Crippen LogP contribution in [0.3, 0.4) is 0 Å². The van der Waals surface area contributed by atoms with Crippen molar-refractivity contribution in [3.63, 3.8) is 0 Å². The van der Waals surface area contributed by atoms with Gasteiger partial charge in [-0.05, 0) is 24.5 Å². The minimum absolute atomic E-state index is 0.0606. The molecule has 0 atom stereocenters. The summed E-state index contributed by atoms with van der Waals surface area (Å²) in [6.45, 7) is 1.37. The number of rotatable bonds is 4. The van der Waals surface area contributed by atoms with E-state index >= 15 is 0 Å². The molecule has 0 bridgehead atoms. The van der Waals surface area contributed by atoms with Gasteiger partial charge in [-0.1, -0.05) is 18.2 Å². The zero-order chi connectivity index (χ0) is 17.1. The first kappa shape index (κ1) is 16.4. The third-order valence-corrected chi connectivity index (χ3v) is 4.65. The van der Waals surface area contributed by atoms with E-state index in [9.17, 15) is 14.0 Å². The number of aromatic nitrogens is 2. The lowest BCUT2D eigenvalue weighted by molar-refractivity contribution is -0.122. The summed E-state index contributed by atoms with van der Waals surface area (Å²) in [5, 5.41) is 0. The lowest BCUT2D eigenvalue weighted by Gasteiger charge is -2.33. The molecule has 1 aliphatic rings. The number of hydrogen-bond acceptors (Lipinski definition) is 4. The van der Waals surface area contributed by atoms with Gasteiger partial charge in [-0.25, -0.2) is 4.39 Å². The van der Waals surface area contributed by atoms with E-state index in [1.165, 1.54) is 12.3 Å². The molecule has 1 aromatic heterocycles. The maximum atomic E-state index is 13.7. The number of Topliss-reactive ketones (excluding diaryl/α,β-unsaturated/α-hetero) is 1. The average Bonchev–Trinajstić information content (AvgIpc) is 2.59. The number of halogens is 1. The van der Waals surface area contributed by atoms with Crippen molar-refractivity contribution >= 4 is 11.6 Å². The van der Waals surface area contributed by atoms with Crippen LogP contribution in [0.15, 0.2) is 41.5 Å². The van der Waals surface area contributed by atoms with Crippen LogP contribution in [0.5, 0.6) is 0 Å². The molecule has 0 spiro atoms. The Morgan fingerprint density at radius 2 is 1.96 bits per heavy atom. The molecule has 24 heavy (non-hydrogen) atoms. The van der Waals surface area contributed by atoms with Gasteiger partial charge in [-0.15, -0.1) is 0 Å². The number of hydrogen-bond donors (Lipinski definition) is 0. The number of piperidine rings is 1. The lowest BCUT2D eigenvalue weighted by Crippen LogP contribution is -2.39. The molecule has 2 aromatic rings. The van der Waals surface area contributed by atoms with E-state index in [0.29, 0.717) is 31.5 Å². The van der Waals surface area contributed by atoms with E-state index in [2.05, 4.69) is 9.88 Å². The molecular weight excluding hydrogens is 309 g/mol. The molecule has 1 aliphatic heterocycles. The van der Waals surface area contributed by atoms with E-state index < -0.39 is 0 Å². The van der Waals surface area contributed by atoms with Gasteiger partial charge >= 0.3 is 0 Å². The zero-order valence-corrected chi connectivity index (χ0v) is 13.6. The largest absolute Gasteiger partial charge is 0.357 e. The van der Waals surface area contributed by atoms with Crippen molar-refractivity contribution < 1.29 is 9.18 Å². The molecule has 0 amide bonds. The second-order valence-corrected chi connectivity index (χ2v) is 6.16. The minimum atomic E-state index is -0.325. The number of carbonyl (C=O) groups is 1. The summed E-state index contributed by atoms with van der Waals surface area (Å²) < 4.78 is 15.2. The fourth-order valence-corrected chi connectivity index (χ4v) is 3.15. The Hall–Kier alpha value is -2.50. The van der Waals surface area contributed by atoms with Gasteiger partial charge in [-0.2, -0.15) is 0 Å². The number of ketones is 1. The first-order valence-corrected chi connectivity index (χ1v) is 8.08. The predicted octanol–water partition coefficient (Wildman–Crippen LogP) is 1.95. The van der Waals surface area contributed by atoms with Crippen molar-refractivity contribution in [1.29, 1.82) is 0 Å². The lowest BCUT2D eigenvalue weighted by atomic mass is 9.89. The van der Waals surface area contributed by atoms with Gasteiger partial charge in [0.05, 0.1) is 12.4 Å². The number of nitrogens with zero attached hydrogens (tertiary/aromatic N) is 3. The minimum Gasteiger partial charge on any atom is -0.357 e. The van der Waals surface area contributed by atoms with Crippen molar-refractivity contribution in [2.75, 3.05) is 18.0 Å². The highest BCUT2D eigenvalue weighted by molar-refractivity contribution is 5.83. The highest BCUT2D eigenvalue weighted by atomic mass is 19.1. The van der Waals surface area contributed by atoms with E-state index in [4.69, 9.17) is 0 Å². The molecule has 0 aliphatic carbocycles. The van der Waals surface area contributed by atoms with Gasteiger partial charge in [0.2, 0.25) is 0 Å². The van der Waals surface area contributed by atoms with Crippen LogP contribution in [0.2, 0.25) is 0 Å². The highest BCUT2D eigenvalue weighted by Crippen LogP contribution is 2.23. The number of anilines is 1. The van der Waals surface area contributed by atoms with Crippen LogP contribution in [0.1, 0.15) is 18.4 Å². The van der Waals surface area contributed by atoms with Crippen LogP contribution >= 0.6 is 0 Å². The molecule has 1 saturated heterocycles. The molecule has 6 heteroatoms. The van der Waals surface area contributed by atoms with Crippen LogP contribution in [0.4, 0.5) is 10.2 Å². The predicted molar refractivity (Wildman–Crippen MR) is 89.5 cm³/mol. The Morgan fingerprint density at radius 3 is 2.67 bits per heavy atom. The van der Waals surface area contributed by atoms with Crippen molar-refractivity contribution in [1.82, 2.24) is 9.55 Å². The van der Waals surface area contributed by atoms with E-state index in [0.717, 1.165) is 5.82 Å². The molecule has 0 radical (unpaired) electrons. The molecule has 126 valence electrons. The van der Waals surface area contributed by atoms with Crippen LogP contribution in [-0.2, 0) is 18.3 Å². The maximum absolute atomic E-state index is 13.7. The summed E-state index contributed by atoms with van der Waals surface area (Å²) in [5.74, 6) is 0.463. The van der Waals surface area contributed by atoms with Crippen LogP contribution < -0.4 is 10.5 Å². The smallest absolute Gasteiger partial charge is 0.270 e. The van der Waals surface area contributed by atoms with Crippen molar-refractivity contribution in [3.05, 3.63) is 58.4 Å². The fraction of sp³-hybridized carbons (Fsp3) is 0.389. The van der Waals surface area contributed by atoms with Crippen molar-refractivity contribution in [2.24, 2.45) is 13.0 Å². The molecule has 0 saturated carbocycles. The summed E-state index contributed by atoms with van der Waals surface area (Å²) in [5.41, 5.74) is 0.310. The second kappa shape index (κ2) is 6.95. The Kier molecular flexibility index (Phi) is 4.74. The van der Waals surface area contributed by atoms with Crippen LogP contribution in [0.25, 0.3) is 0 Å². The Labute approximate surface area is 139 Å². The first-order valence-electron chi connectivity index (χ1n) is 8.08. The summed E-state index contributed by atoms with van der Waals surface area (Å²) in [4.78, 5) is 30.1. The fourth-order valence-electron chi connectivity index (χ4n) is 3.15. The maximum Gasteiger partial charge on any atom is 0.270 e. The molecule has 0 N–H and O–H groups in total. The van der Waals surface area contributed by atoms with E-state index in [1.54, 1.807) is 36.0 Å². The van der Waals surface area contributed by atoms with E-state index in [1.807, 2.05) is 0 Å². The Balaban J connectivity index is 1.63. The SMILES string of the molecule is Cn1c(N2CCC(C(=O)Cc3ccccc3F)CC2)cncc1=O. The van der Waals surface area contributed by atoms with Gasteiger partial charge in [-0.3, -0.25) is 19.1 Å². The van der Waals surface area contributed by atoms with Gasteiger partial charge in [0.25, 0.3) is 5.56 Å². The Bertz CT molecular complexity index is 795. The molecule has 2 heterocycles. The Morgan fingerprint density at radius 1 is 1.25 bits per heavy atom. The molecule has 1 fully saturated rings. The summed E-state index contributed by atoms with van der Waals surface area (Å²) >= 11 is 0. The second-order valence-electron chi connectivity index (χ2n) is 6.16. The topological polar surface area (TPSA) is 55.2 Å². The average molecular weight is 329 g/mol. The van der Waals surface area contributed by atoms with Crippen LogP contribution in [-0.4, -0.2) is 28.4 Å². The summed E-state index contributed by atoms with van der Waals surface area (Å²) in [6, 6.07) is 6.42. The van der Waals surface area contributed by atoms with Crippen molar-refractivity contribution in [3.8, 4) is 0 Å². The highest BCUT2D eigenvalue weighted by Gasteiger charge is 2.26. The van der Waals surface area contributed by atoms with E-state index in [-0.39, 0.29) is 29.5 Å². The zero-order valence-electron chi connectivity index (χ0n) is 13.6.